The maximum absolute atomic E-state index is 12.6. The van der Waals surface area contributed by atoms with Crippen LogP contribution in [0.1, 0.15) is 26.1 Å². The molecule has 1 aliphatic heterocycles. The van der Waals surface area contributed by atoms with Gasteiger partial charge in [-0.25, -0.2) is 0 Å². The van der Waals surface area contributed by atoms with Gasteiger partial charge in [0.15, 0.2) is 11.5 Å². The Morgan fingerprint density at radius 1 is 1.48 bits per heavy atom. The zero-order valence-electron chi connectivity index (χ0n) is 12.5. The van der Waals surface area contributed by atoms with Gasteiger partial charge in [-0.2, -0.15) is 0 Å². The summed E-state index contributed by atoms with van der Waals surface area (Å²) in [5, 5.41) is 14.6. The van der Waals surface area contributed by atoms with Crippen molar-refractivity contribution in [3.8, 4) is 0 Å². The van der Waals surface area contributed by atoms with Crippen LogP contribution in [0.5, 0.6) is 0 Å². The zero-order valence-corrected chi connectivity index (χ0v) is 12.5. The second-order valence-corrected chi connectivity index (χ2v) is 5.97. The fourth-order valence-corrected chi connectivity index (χ4v) is 3.01. The SMILES string of the molecule is CC(C)C1(C(=O)NCc2nnc3ccccn23)CCNC1. The van der Waals surface area contributed by atoms with Gasteiger partial charge in [-0.15, -0.1) is 10.2 Å². The Kier molecular flexibility index (Phi) is 3.63. The highest BCUT2D eigenvalue weighted by Crippen LogP contribution is 2.34. The van der Waals surface area contributed by atoms with Crippen molar-refractivity contribution in [3.63, 3.8) is 0 Å². The topological polar surface area (TPSA) is 71.3 Å². The van der Waals surface area contributed by atoms with Gasteiger partial charge in [0.25, 0.3) is 0 Å². The molecule has 1 fully saturated rings. The number of carbonyl (C=O) groups is 1. The minimum atomic E-state index is -0.305. The summed E-state index contributed by atoms with van der Waals surface area (Å²) in [5.74, 6) is 1.17. The molecule has 1 unspecified atom stereocenters. The molecule has 0 aliphatic carbocycles. The van der Waals surface area contributed by atoms with Crippen LogP contribution < -0.4 is 10.6 Å². The highest BCUT2D eigenvalue weighted by atomic mass is 16.2. The first-order chi connectivity index (χ1) is 10.1. The number of amides is 1. The van der Waals surface area contributed by atoms with Gasteiger partial charge in [0, 0.05) is 12.7 Å². The molecule has 2 N–H and O–H groups in total. The van der Waals surface area contributed by atoms with Crippen LogP contribution in [0.4, 0.5) is 0 Å². The van der Waals surface area contributed by atoms with Crippen LogP contribution in [0.15, 0.2) is 24.4 Å². The van der Waals surface area contributed by atoms with Crippen LogP contribution in [-0.2, 0) is 11.3 Å². The Balaban J connectivity index is 1.74. The van der Waals surface area contributed by atoms with Crippen molar-refractivity contribution >= 4 is 11.6 Å². The molecule has 0 spiro atoms. The molecule has 112 valence electrons. The van der Waals surface area contributed by atoms with E-state index in [1.807, 2.05) is 28.8 Å². The van der Waals surface area contributed by atoms with Gasteiger partial charge in [0.1, 0.15) is 0 Å². The van der Waals surface area contributed by atoms with Crippen molar-refractivity contribution in [2.45, 2.75) is 26.8 Å². The lowest BCUT2D eigenvalue weighted by atomic mass is 9.75. The van der Waals surface area contributed by atoms with E-state index in [1.165, 1.54) is 0 Å². The number of rotatable bonds is 4. The van der Waals surface area contributed by atoms with E-state index >= 15 is 0 Å². The van der Waals surface area contributed by atoms with Crippen LogP contribution in [-0.4, -0.2) is 33.6 Å². The third kappa shape index (κ3) is 2.40. The summed E-state index contributed by atoms with van der Waals surface area (Å²) in [6.07, 6.45) is 2.79. The number of nitrogens with one attached hydrogen (secondary N) is 2. The molecule has 2 aromatic heterocycles. The van der Waals surface area contributed by atoms with Gasteiger partial charge in [-0.3, -0.25) is 9.20 Å². The third-order valence-electron chi connectivity index (χ3n) is 4.54. The standard InChI is InChI=1S/C15H21N5O/c1-11(2)15(6-7-16-10-15)14(21)17-9-13-19-18-12-5-3-4-8-20(12)13/h3-5,8,11,16H,6-7,9-10H2,1-2H3,(H,17,21). The number of fused-ring (bicyclic) bond motifs is 1. The lowest BCUT2D eigenvalue weighted by molar-refractivity contribution is -0.132. The fourth-order valence-electron chi connectivity index (χ4n) is 3.01. The predicted octanol–water partition coefficient (Wildman–Crippen LogP) is 0.981. The smallest absolute Gasteiger partial charge is 0.228 e. The minimum absolute atomic E-state index is 0.107. The molecular weight excluding hydrogens is 266 g/mol. The normalized spacial score (nSPS) is 22.0. The van der Waals surface area contributed by atoms with Crippen LogP contribution in [0.2, 0.25) is 0 Å². The Labute approximate surface area is 123 Å². The van der Waals surface area contributed by atoms with Crippen LogP contribution in [0, 0.1) is 11.3 Å². The maximum atomic E-state index is 12.6. The molecule has 1 aliphatic rings. The van der Waals surface area contributed by atoms with Crippen LogP contribution in [0.25, 0.3) is 5.65 Å². The molecule has 0 aromatic carbocycles. The number of pyridine rings is 1. The van der Waals surface area contributed by atoms with Gasteiger partial charge in [-0.1, -0.05) is 19.9 Å². The van der Waals surface area contributed by atoms with E-state index in [-0.39, 0.29) is 11.3 Å². The van der Waals surface area contributed by atoms with E-state index in [2.05, 4.69) is 34.7 Å². The highest BCUT2D eigenvalue weighted by Gasteiger charge is 2.43. The fraction of sp³-hybridized carbons (Fsp3) is 0.533. The number of nitrogens with zero attached hydrogens (tertiary/aromatic N) is 3. The van der Waals surface area contributed by atoms with Crippen molar-refractivity contribution in [2.24, 2.45) is 11.3 Å². The Morgan fingerprint density at radius 3 is 3.05 bits per heavy atom. The largest absolute Gasteiger partial charge is 0.348 e. The summed E-state index contributed by atoms with van der Waals surface area (Å²) >= 11 is 0. The minimum Gasteiger partial charge on any atom is -0.348 e. The van der Waals surface area contributed by atoms with Crippen molar-refractivity contribution in [1.29, 1.82) is 0 Å². The van der Waals surface area contributed by atoms with E-state index in [0.29, 0.717) is 12.5 Å². The average Bonchev–Trinajstić information content (AvgIpc) is 3.13. The molecule has 1 atom stereocenters. The molecule has 2 aromatic rings. The summed E-state index contributed by atoms with van der Waals surface area (Å²) in [6, 6.07) is 5.75. The Morgan fingerprint density at radius 2 is 2.33 bits per heavy atom. The van der Waals surface area contributed by atoms with Crippen molar-refractivity contribution in [3.05, 3.63) is 30.2 Å². The Hall–Kier alpha value is -1.95. The summed E-state index contributed by atoms with van der Waals surface area (Å²) in [6.45, 7) is 6.27. The summed E-state index contributed by atoms with van der Waals surface area (Å²) in [7, 11) is 0. The van der Waals surface area contributed by atoms with E-state index in [0.717, 1.165) is 31.0 Å². The molecule has 21 heavy (non-hydrogen) atoms. The molecule has 3 rings (SSSR count). The van der Waals surface area contributed by atoms with Gasteiger partial charge in [0.2, 0.25) is 5.91 Å². The maximum Gasteiger partial charge on any atom is 0.228 e. The summed E-state index contributed by atoms with van der Waals surface area (Å²) in [4.78, 5) is 12.6. The first kappa shape index (κ1) is 14.0. The number of hydrogen-bond donors (Lipinski definition) is 2. The van der Waals surface area contributed by atoms with Crippen molar-refractivity contribution in [1.82, 2.24) is 25.2 Å². The zero-order chi connectivity index (χ0) is 14.9. The number of aromatic nitrogens is 3. The molecule has 3 heterocycles. The molecule has 0 bridgehead atoms. The van der Waals surface area contributed by atoms with E-state index in [1.54, 1.807) is 0 Å². The first-order valence-electron chi connectivity index (χ1n) is 7.41. The molecule has 6 nitrogen and oxygen atoms in total. The molecule has 6 heteroatoms. The van der Waals surface area contributed by atoms with Gasteiger partial charge < -0.3 is 10.6 Å². The summed E-state index contributed by atoms with van der Waals surface area (Å²) < 4.78 is 1.90. The van der Waals surface area contributed by atoms with Gasteiger partial charge >= 0.3 is 0 Å². The van der Waals surface area contributed by atoms with Crippen molar-refractivity contribution < 1.29 is 4.79 Å². The van der Waals surface area contributed by atoms with Gasteiger partial charge in [0.05, 0.1) is 12.0 Å². The lowest BCUT2D eigenvalue weighted by Gasteiger charge is -2.30. The number of carbonyl (C=O) groups excluding carboxylic acids is 1. The molecule has 1 amide bonds. The monoisotopic (exact) mass is 287 g/mol. The van der Waals surface area contributed by atoms with E-state index < -0.39 is 0 Å². The first-order valence-corrected chi connectivity index (χ1v) is 7.41. The third-order valence-corrected chi connectivity index (χ3v) is 4.54. The second kappa shape index (κ2) is 5.44. The molecular formula is C15H21N5O. The summed E-state index contributed by atoms with van der Waals surface area (Å²) in [5.41, 5.74) is 0.489. The van der Waals surface area contributed by atoms with E-state index in [4.69, 9.17) is 0 Å². The van der Waals surface area contributed by atoms with Gasteiger partial charge in [-0.05, 0) is 31.0 Å². The second-order valence-electron chi connectivity index (χ2n) is 5.97. The van der Waals surface area contributed by atoms with E-state index in [9.17, 15) is 4.79 Å². The Bertz CT molecular complexity index is 642. The molecule has 1 saturated heterocycles. The molecule has 0 radical (unpaired) electrons. The average molecular weight is 287 g/mol. The van der Waals surface area contributed by atoms with Crippen molar-refractivity contribution in [2.75, 3.05) is 13.1 Å². The van der Waals surface area contributed by atoms with Crippen LogP contribution in [0.3, 0.4) is 0 Å². The van der Waals surface area contributed by atoms with Crippen LogP contribution >= 0.6 is 0 Å². The quantitative estimate of drug-likeness (QED) is 0.879. The number of hydrogen-bond acceptors (Lipinski definition) is 4. The highest BCUT2D eigenvalue weighted by molar-refractivity contribution is 5.83. The lowest BCUT2D eigenvalue weighted by Crippen LogP contribution is -2.45. The molecule has 0 saturated carbocycles. The predicted molar refractivity (Wildman–Crippen MR) is 79.6 cm³/mol.